The number of carbonyl (C=O) groups excluding carboxylic acids is 1. The number of rotatable bonds is 4. The predicted molar refractivity (Wildman–Crippen MR) is 103 cm³/mol. The molecular formula is C20H17F3N4O3. The number of hydrogen-bond acceptors (Lipinski definition) is 5. The number of fused-ring (bicyclic) bond motifs is 2. The average molecular weight is 418 g/mol. The first kappa shape index (κ1) is 19.7. The summed E-state index contributed by atoms with van der Waals surface area (Å²) in [4.78, 5) is 20.8. The molecule has 7 nitrogen and oxygen atoms in total. The zero-order valence-corrected chi connectivity index (χ0v) is 16.3. The van der Waals surface area contributed by atoms with Crippen LogP contribution in [0.25, 0.3) is 33.6 Å². The molecule has 0 unspecified atom stereocenters. The molecule has 0 fully saturated rings. The lowest BCUT2D eigenvalue weighted by Gasteiger charge is -2.12. The first-order valence-electron chi connectivity index (χ1n) is 9.02. The number of nitrogens with zero attached hydrogens (tertiary/aromatic N) is 4. The van der Waals surface area contributed by atoms with Crippen LogP contribution in [0.4, 0.5) is 13.2 Å². The van der Waals surface area contributed by atoms with Crippen LogP contribution in [0.5, 0.6) is 5.75 Å². The second-order valence-electron chi connectivity index (χ2n) is 6.57. The largest absolute Gasteiger partial charge is 0.573 e. The van der Waals surface area contributed by atoms with E-state index in [2.05, 4.69) is 19.4 Å². The van der Waals surface area contributed by atoms with E-state index in [0.29, 0.717) is 18.1 Å². The van der Waals surface area contributed by atoms with E-state index in [9.17, 15) is 18.0 Å². The molecule has 0 atom stereocenters. The second-order valence-corrected chi connectivity index (χ2v) is 6.57. The van der Waals surface area contributed by atoms with Gasteiger partial charge in [0.1, 0.15) is 11.2 Å². The molecule has 0 aliphatic heterocycles. The molecule has 0 aliphatic carbocycles. The molecule has 3 heterocycles. The van der Waals surface area contributed by atoms with Gasteiger partial charge in [0.05, 0.1) is 23.9 Å². The maximum Gasteiger partial charge on any atom is 0.573 e. The van der Waals surface area contributed by atoms with Gasteiger partial charge >= 0.3 is 12.3 Å². The van der Waals surface area contributed by atoms with E-state index in [-0.39, 0.29) is 16.6 Å². The molecule has 30 heavy (non-hydrogen) atoms. The molecule has 0 radical (unpaired) electrons. The highest BCUT2D eigenvalue weighted by atomic mass is 19.4. The second kappa shape index (κ2) is 7.05. The summed E-state index contributed by atoms with van der Waals surface area (Å²) >= 11 is 0. The van der Waals surface area contributed by atoms with Gasteiger partial charge in [-0.2, -0.15) is 0 Å². The Hall–Kier alpha value is -3.56. The van der Waals surface area contributed by atoms with Crippen molar-refractivity contribution in [2.24, 2.45) is 7.05 Å². The number of pyridine rings is 1. The van der Waals surface area contributed by atoms with Crippen LogP contribution in [0.3, 0.4) is 0 Å². The van der Waals surface area contributed by atoms with Gasteiger partial charge in [-0.05, 0) is 37.3 Å². The summed E-state index contributed by atoms with van der Waals surface area (Å²) in [6.07, 6.45) is -3.26. The minimum atomic E-state index is -4.94. The van der Waals surface area contributed by atoms with Gasteiger partial charge in [0.2, 0.25) is 0 Å². The van der Waals surface area contributed by atoms with Gasteiger partial charge < -0.3 is 18.6 Å². The van der Waals surface area contributed by atoms with Gasteiger partial charge in [-0.15, -0.1) is 13.2 Å². The molecule has 4 rings (SSSR count). The maximum absolute atomic E-state index is 13.0. The number of aryl methyl sites for hydroxylation is 2. The van der Waals surface area contributed by atoms with E-state index in [1.807, 2.05) is 23.6 Å². The minimum Gasteiger partial charge on any atom is -0.465 e. The molecule has 0 N–H and O–H groups in total. The molecule has 1 aromatic carbocycles. The van der Waals surface area contributed by atoms with Crippen molar-refractivity contribution in [2.45, 2.75) is 19.8 Å². The standard InChI is InChI=1S/C20H17F3N4O3/c1-4-27-14(9-11-6-5-7-24-17(11)27)18-25-13-8-12(19(28)29-3)10-15(16(13)26(18)2)30-20(21,22)23/h5-10H,4H2,1-3H3. The minimum absolute atomic E-state index is 0.0911. The highest BCUT2D eigenvalue weighted by molar-refractivity contribution is 5.97. The van der Waals surface area contributed by atoms with Crippen molar-refractivity contribution in [1.82, 2.24) is 19.1 Å². The summed E-state index contributed by atoms with van der Waals surface area (Å²) in [5.74, 6) is -0.902. The Morgan fingerprint density at radius 2 is 2.00 bits per heavy atom. The smallest absolute Gasteiger partial charge is 0.465 e. The van der Waals surface area contributed by atoms with Crippen molar-refractivity contribution in [2.75, 3.05) is 7.11 Å². The lowest BCUT2D eigenvalue weighted by Crippen LogP contribution is -2.18. The number of alkyl halides is 3. The monoisotopic (exact) mass is 418 g/mol. The van der Waals surface area contributed by atoms with Crippen LogP contribution in [0.15, 0.2) is 36.5 Å². The van der Waals surface area contributed by atoms with Crippen LogP contribution < -0.4 is 4.74 Å². The quantitative estimate of drug-likeness (QED) is 0.462. The van der Waals surface area contributed by atoms with Gasteiger partial charge in [-0.3, -0.25) is 0 Å². The van der Waals surface area contributed by atoms with Gasteiger partial charge in [0.15, 0.2) is 11.6 Å². The molecule has 0 saturated carbocycles. The van der Waals surface area contributed by atoms with Crippen molar-refractivity contribution >= 4 is 28.0 Å². The molecule has 0 bridgehead atoms. The number of carbonyl (C=O) groups is 1. The van der Waals surface area contributed by atoms with Crippen LogP contribution in [-0.4, -0.2) is 38.5 Å². The fourth-order valence-electron chi connectivity index (χ4n) is 3.57. The van der Waals surface area contributed by atoms with Gasteiger partial charge in [0.25, 0.3) is 0 Å². The molecule has 0 saturated heterocycles. The third-order valence-electron chi connectivity index (χ3n) is 4.78. The lowest BCUT2D eigenvalue weighted by atomic mass is 10.2. The van der Waals surface area contributed by atoms with Gasteiger partial charge in [-0.1, -0.05) is 0 Å². The summed E-state index contributed by atoms with van der Waals surface area (Å²) in [6.45, 7) is 2.52. The number of benzene rings is 1. The SMILES string of the molecule is CCn1c(-c2nc3cc(C(=O)OC)cc(OC(F)(F)F)c3n2C)cc2cccnc21. The van der Waals surface area contributed by atoms with Crippen molar-refractivity contribution in [3.8, 4) is 17.3 Å². The molecule has 4 aromatic rings. The lowest BCUT2D eigenvalue weighted by molar-refractivity contribution is -0.274. The zero-order chi connectivity index (χ0) is 21.6. The summed E-state index contributed by atoms with van der Waals surface area (Å²) in [7, 11) is 2.74. The molecular weight excluding hydrogens is 401 g/mol. The maximum atomic E-state index is 13.0. The number of methoxy groups -OCH3 is 1. The van der Waals surface area contributed by atoms with E-state index in [1.54, 1.807) is 19.3 Å². The fraction of sp³-hybridized carbons (Fsp3) is 0.250. The Morgan fingerprint density at radius 1 is 1.23 bits per heavy atom. The summed E-state index contributed by atoms with van der Waals surface area (Å²) in [5, 5.41) is 0.878. The van der Waals surface area contributed by atoms with Crippen LogP contribution in [0.1, 0.15) is 17.3 Å². The Bertz CT molecular complexity index is 1270. The normalized spacial score (nSPS) is 11.9. The van der Waals surface area contributed by atoms with E-state index in [4.69, 9.17) is 0 Å². The molecule has 156 valence electrons. The molecule has 3 aromatic heterocycles. The predicted octanol–water partition coefficient (Wildman–Crippen LogP) is 4.30. The fourth-order valence-corrected chi connectivity index (χ4v) is 3.57. The number of ether oxygens (including phenoxy) is 2. The van der Waals surface area contributed by atoms with E-state index < -0.39 is 18.1 Å². The number of esters is 1. The van der Waals surface area contributed by atoms with E-state index in [1.165, 1.54) is 10.6 Å². The average Bonchev–Trinajstić information content (AvgIpc) is 3.23. The number of imidazole rings is 1. The van der Waals surface area contributed by atoms with Crippen LogP contribution in [0.2, 0.25) is 0 Å². The number of hydrogen-bond donors (Lipinski definition) is 0. The molecule has 0 aliphatic rings. The molecule has 0 spiro atoms. The third kappa shape index (κ3) is 3.23. The summed E-state index contributed by atoms with van der Waals surface area (Å²) in [6, 6.07) is 7.96. The first-order valence-corrected chi connectivity index (χ1v) is 9.02. The molecule has 0 amide bonds. The van der Waals surface area contributed by atoms with Crippen molar-refractivity contribution in [3.05, 3.63) is 42.1 Å². The van der Waals surface area contributed by atoms with Crippen molar-refractivity contribution < 1.29 is 27.4 Å². The van der Waals surface area contributed by atoms with Crippen molar-refractivity contribution in [1.29, 1.82) is 0 Å². The Kier molecular flexibility index (Phi) is 4.64. The van der Waals surface area contributed by atoms with Crippen LogP contribution >= 0.6 is 0 Å². The summed E-state index contributed by atoms with van der Waals surface area (Å²) < 4.78 is 51.4. The number of aromatic nitrogens is 4. The molecule has 10 heteroatoms. The van der Waals surface area contributed by atoms with Gasteiger partial charge in [-0.25, -0.2) is 14.8 Å². The Morgan fingerprint density at radius 3 is 2.67 bits per heavy atom. The van der Waals surface area contributed by atoms with Gasteiger partial charge in [0, 0.05) is 25.2 Å². The number of halogens is 3. The van der Waals surface area contributed by atoms with E-state index >= 15 is 0 Å². The zero-order valence-electron chi connectivity index (χ0n) is 16.3. The van der Waals surface area contributed by atoms with Crippen LogP contribution in [-0.2, 0) is 18.3 Å². The topological polar surface area (TPSA) is 71.2 Å². The third-order valence-corrected chi connectivity index (χ3v) is 4.78. The highest BCUT2D eigenvalue weighted by Gasteiger charge is 2.33. The summed E-state index contributed by atoms with van der Waals surface area (Å²) in [5.41, 5.74) is 1.62. The Labute approximate surface area is 168 Å². The highest BCUT2D eigenvalue weighted by Crippen LogP contribution is 2.36. The van der Waals surface area contributed by atoms with Crippen molar-refractivity contribution in [3.63, 3.8) is 0 Å². The first-order chi connectivity index (χ1) is 14.2. The van der Waals surface area contributed by atoms with E-state index in [0.717, 1.165) is 24.2 Å². The van der Waals surface area contributed by atoms with Crippen LogP contribution in [0, 0.1) is 0 Å². The Balaban J connectivity index is 2.00.